The minimum atomic E-state index is 0.481. The molecule has 0 nitrogen and oxygen atoms in total. The second-order valence-electron chi connectivity index (χ2n) is 1.01. The Labute approximate surface area is 47.6 Å². The molecule has 0 aromatic heterocycles. The molecular weight excluding hydrogens is 137 g/mol. The zero-order chi connectivity index (χ0) is 4.28. The number of rotatable bonds is 1. The average Bonchev–Trinajstić information content (AvgIpc) is 1.38. The van der Waals surface area contributed by atoms with Gasteiger partial charge < -0.3 is 0 Å². The molecule has 0 aliphatic rings. The van der Waals surface area contributed by atoms with E-state index in [1.807, 2.05) is 0 Å². The molecule has 0 saturated carbocycles. The van der Waals surface area contributed by atoms with Crippen LogP contribution in [0.15, 0.2) is 0 Å². The Kier molecular flexibility index (Phi) is 3.69. The van der Waals surface area contributed by atoms with E-state index in [-0.39, 0.29) is 0 Å². The van der Waals surface area contributed by atoms with Crippen LogP contribution in [0.2, 0.25) is 0 Å². The predicted octanol–water partition coefficient (Wildman–Crippen LogP) is 1.51. The SMILES string of the molecule is CC[CH](Cl)[Zn]. The van der Waals surface area contributed by atoms with Crippen LogP contribution in [0.4, 0.5) is 0 Å². The van der Waals surface area contributed by atoms with Gasteiger partial charge in [-0.15, -0.1) is 0 Å². The van der Waals surface area contributed by atoms with Crippen molar-refractivity contribution in [2.24, 2.45) is 0 Å². The van der Waals surface area contributed by atoms with E-state index in [4.69, 9.17) is 11.6 Å². The fourth-order valence-corrected chi connectivity index (χ4v) is 0. The minimum absolute atomic E-state index is 0.481. The summed E-state index contributed by atoms with van der Waals surface area (Å²) in [7, 11) is 0. The van der Waals surface area contributed by atoms with E-state index in [1.165, 1.54) is 18.3 Å². The van der Waals surface area contributed by atoms with Gasteiger partial charge in [0.2, 0.25) is 0 Å². The first kappa shape index (κ1) is 5.91. The van der Waals surface area contributed by atoms with E-state index in [9.17, 15) is 0 Å². The summed E-state index contributed by atoms with van der Waals surface area (Å²) >= 11 is 6.74. The summed E-state index contributed by atoms with van der Waals surface area (Å²) in [4.78, 5) is 0. The zero-order valence-electron chi connectivity index (χ0n) is 3.37. The number of hydrogen-bond acceptors (Lipinski definition) is 0. The molecule has 0 aliphatic carbocycles. The molecule has 0 radical (unpaired) electrons. The van der Waals surface area contributed by atoms with Crippen LogP contribution in [0.5, 0.6) is 0 Å². The van der Waals surface area contributed by atoms with Gasteiger partial charge >= 0.3 is 47.2 Å². The third-order valence-corrected chi connectivity index (χ3v) is 1.96. The molecule has 0 heterocycles. The summed E-state index contributed by atoms with van der Waals surface area (Å²) in [5, 5.41) is 0. The van der Waals surface area contributed by atoms with E-state index < -0.39 is 0 Å². The van der Waals surface area contributed by atoms with Gasteiger partial charge in [0.25, 0.3) is 0 Å². The van der Waals surface area contributed by atoms with Gasteiger partial charge in [-0.25, -0.2) is 0 Å². The molecule has 0 fully saturated rings. The molecular formula is C3H6ClZn. The number of alkyl halides is 1. The van der Waals surface area contributed by atoms with Crippen molar-refractivity contribution in [2.75, 3.05) is 0 Å². The van der Waals surface area contributed by atoms with Gasteiger partial charge in [-0.2, -0.15) is 0 Å². The summed E-state index contributed by atoms with van der Waals surface area (Å²) in [6.07, 6.45) is 1.13. The van der Waals surface area contributed by atoms with Crippen molar-refractivity contribution in [3.05, 3.63) is 0 Å². The summed E-state index contributed by atoms with van der Waals surface area (Å²) in [5.74, 6) is 0. The summed E-state index contributed by atoms with van der Waals surface area (Å²) < 4.78 is 0.481. The van der Waals surface area contributed by atoms with E-state index >= 15 is 0 Å². The standard InChI is InChI=1S/C3H6Cl.Zn/c1-2-3-4;/h3H,2H2,1H3;. The molecule has 0 N–H and O–H groups in total. The molecule has 0 aromatic carbocycles. The monoisotopic (exact) mass is 141 g/mol. The molecule has 0 aromatic rings. The van der Waals surface area contributed by atoms with Crippen molar-refractivity contribution in [3.63, 3.8) is 0 Å². The van der Waals surface area contributed by atoms with Gasteiger partial charge in [0.1, 0.15) is 0 Å². The Hall–Kier alpha value is 0.913. The quantitative estimate of drug-likeness (QED) is 0.385. The molecule has 27 valence electrons. The van der Waals surface area contributed by atoms with E-state index in [0.717, 1.165) is 6.42 Å². The van der Waals surface area contributed by atoms with Gasteiger partial charge in [-0.05, 0) is 0 Å². The fraction of sp³-hybridized carbons (Fsp3) is 1.00. The molecule has 5 heavy (non-hydrogen) atoms. The maximum atomic E-state index is 5.52. The van der Waals surface area contributed by atoms with Crippen LogP contribution < -0.4 is 0 Å². The van der Waals surface area contributed by atoms with Crippen molar-refractivity contribution < 1.29 is 18.3 Å². The average molecular weight is 143 g/mol. The molecule has 0 rings (SSSR count). The van der Waals surface area contributed by atoms with Crippen LogP contribution in [-0.2, 0) is 18.3 Å². The summed E-state index contributed by atoms with van der Waals surface area (Å²) in [5.41, 5.74) is 0. The van der Waals surface area contributed by atoms with E-state index in [1.54, 1.807) is 0 Å². The fourth-order valence-electron chi connectivity index (χ4n) is 0. The van der Waals surface area contributed by atoms with Crippen molar-refractivity contribution in [3.8, 4) is 0 Å². The number of hydrogen-bond donors (Lipinski definition) is 0. The molecule has 0 aliphatic heterocycles. The van der Waals surface area contributed by atoms with Crippen molar-refractivity contribution in [1.82, 2.24) is 0 Å². The van der Waals surface area contributed by atoms with Crippen molar-refractivity contribution >= 4 is 11.6 Å². The van der Waals surface area contributed by atoms with E-state index in [2.05, 4.69) is 6.92 Å². The van der Waals surface area contributed by atoms with Crippen LogP contribution in [0, 0.1) is 0 Å². The Balaban J connectivity index is 2.54. The normalized spacial score (nSPS) is 15.2. The van der Waals surface area contributed by atoms with Gasteiger partial charge in [0.05, 0.1) is 0 Å². The second-order valence-corrected chi connectivity index (χ2v) is 4.78. The van der Waals surface area contributed by atoms with Crippen LogP contribution in [0.1, 0.15) is 13.3 Å². The first-order valence-corrected chi connectivity index (χ1v) is 3.89. The first-order valence-electron chi connectivity index (χ1n) is 1.74. The van der Waals surface area contributed by atoms with Crippen LogP contribution in [0.3, 0.4) is 0 Å². The third kappa shape index (κ3) is 4.91. The molecule has 0 saturated heterocycles. The molecule has 1 atom stereocenters. The van der Waals surface area contributed by atoms with Gasteiger partial charge in [-0.1, -0.05) is 0 Å². The van der Waals surface area contributed by atoms with Crippen LogP contribution >= 0.6 is 11.6 Å². The van der Waals surface area contributed by atoms with Crippen LogP contribution in [0.25, 0.3) is 0 Å². The molecule has 1 unspecified atom stereocenters. The third-order valence-electron chi connectivity index (χ3n) is 0.443. The van der Waals surface area contributed by atoms with Gasteiger partial charge in [0.15, 0.2) is 0 Å². The summed E-state index contributed by atoms with van der Waals surface area (Å²) in [6, 6.07) is 0. The van der Waals surface area contributed by atoms with Crippen molar-refractivity contribution in [1.29, 1.82) is 0 Å². The second kappa shape index (κ2) is 3.12. The topological polar surface area (TPSA) is 0 Å². The van der Waals surface area contributed by atoms with Crippen LogP contribution in [-0.4, -0.2) is 3.97 Å². The zero-order valence-corrected chi connectivity index (χ0v) is 7.09. The van der Waals surface area contributed by atoms with Gasteiger partial charge in [0, 0.05) is 0 Å². The van der Waals surface area contributed by atoms with Crippen molar-refractivity contribution in [2.45, 2.75) is 17.3 Å². The van der Waals surface area contributed by atoms with E-state index in [0.29, 0.717) is 3.97 Å². The Bertz CT molecular complexity index is 20.9. The maximum absolute atomic E-state index is 5.52. The molecule has 0 spiro atoms. The number of halogens is 1. The molecule has 0 bridgehead atoms. The Morgan fingerprint density at radius 2 is 2.20 bits per heavy atom. The Morgan fingerprint density at radius 3 is 2.20 bits per heavy atom. The predicted molar refractivity (Wildman–Crippen MR) is 19.9 cm³/mol. The summed E-state index contributed by atoms with van der Waals surface area (Å²) in [6.45, 7) is 2.10. The molecule has 2 heteroatoms. The first-order chi connectivity index (χ1) is 2.27. The molecule has 0 amide bonds. The van der Waals surface area contributed by atoms with Gasteiger partial charge in [-0.3, -0.25) is 0 Å². The Morgan fingerprint density at radius 1 is 2.00 bits per heavy atom.